The summed E-state index contributed by atoms with van der Waals surface area (Å²) in [5.41, 5.74) is 15.3. The largest absolute Gasteiger partial charge is 0.507 e. The van der Waals surface area contributed by atoms with Gasteiger partial charge in [-0.1, -0.05) is 111 Å². The van der Waals surface area contributed by atoms with Gasteiger partial charge in [-0.25, -0.2) is 0 Å². The van der Waals surface area contributed by atoms with Crippen LogP contribution in [-0.2, 0) is 48.5 Å². The molecule has 4 aromatic rings. The Labute approximate surface area is 274 Å². The van der Waals surface area contributed by atoms with Crippen molar-refractivity contribution in [1.82, 2.24) is 0 Å². The molecular formula is C41H51NO4. The van der Waals surface area contributed by atoms with Crippen LogP contribution in [0.2, 0.25) is 0 Å². The van der Waals surface area contributed by atoms with Crippen LogP contribution in [0.25, 0.3) is 0 Å². The van der Waals surface area contributed by atoms with Crippen LogP contribution in [-0.4, -0.2) is 20.4 Å². The van der Waals surface area contributed by atoms with E-state index in [4.69, 9.17) is 5.73 Å². The van der Waals surface area contributed by atoms with Crippen molar-refractivity contribution < 1.29 is 20.4 Å². The molecule has 6 N–H and O–H groups in total. The van der Waals surface area contributed by atoms with E-state index >= 15 is 0 Å². The van der Waals surface area contributed by atoms with Gasteiger partial charge < -0.3 is 26.2 Å². The molecule has 5 heteroatoms. The lowest BCUT2D eigenvalue weighted by Gasteiger charge is -2.26. The number of hydrogen-bond donors (Lipinski definition) is 5. The van der Waals surface area contributed by atoms with Crippen molar-refractivity contribution in [2.45, 2.75) is 111 Å². The molecule has 8 bridgehead atoms. The predicted octanol–water partition coefficient (Wildman–Crippen LogP) is 8.54. The summed E-state index contributed by atoms with van der Waals surface area (Å²) in [6.45, 7) is 19.6. The number of rotatable bonds is 1. The van der Waals surface area contributed by atoms with Crippen LogP contribution in [0.1, 0.15) is 129 Å². The van der Waals surface area contributed by atoms with Crippen molar-refractivity contribution in [3.05, 3.63) is 115 Å². The lowest BCUT2D eigenvalue weighted by molar-refractivity contribution is 0.449. The molecule has 0 saturated heterocycles. The smallest absolute Gasteiger partial charge is 0.122 e. The first-order valence-corrected chi connectivity index (χ1v) is 16.4. The Hall–Kier alpha value is -3.96. The monoisotopic (exact) mass is 621 g/mol. The van der Waals surface area contributed by atoms with E-state index in [2.05, 4.69) is 62.3 Å². The second-order valence-corrected chi connectivity index (χ2v) is 16.4. The molecule has 5 nitrogen and oxygen atoms in total. The van der Waals surface area contributed by atoms with Gasteiger partial charge in [0.05, 0.1) is 0 Å². The van der Waals surface area contributed by atoms with Crippen molar-refractivity contribution >= 4 is 0 Å². The van der Waals surface area contributed by atoms with Gasteiger partial charge in [-0.3, -0.25) is 0 Å². The van der Waals surface area contributed by atoms with E-state index in [9.17, 15) is 20.4 Å². The Morgan fingerprint density at radius 2 is 0.609 bits per heavy atom. The molecule has 0 atom stereocenters. The second-order valence-electron chi connectivity index (χ2n) is 16.4. The van der Waals surface area contributed by atoms with E-state index in [1.54, 1.807) is 0 Å². The van der Waals surface area contributed by atoms with E-state index in [1.807, 2.05) is 48.5 Å². The minimum absolute atomic E-state index is 0.145. The molecule has 4 aromatic carbocycles. The van der Waals surface area contributed by atoms with Gasteiger partial charge >= 0.3 is 0 Å². The fraction of sp³-hybridized carbons (Fsp3) is 0.415. The topological polar surface area (TPSA) is 107 Å². The van der Waals surface area contributed by atoms with Gasteiger partial charge in [-0.2, -0.15) is 0 Å². The fourth-order valence-electron chi connectivity index (χ4n) is 6.43. The second kappa shape index (κ2) is 11.7. The van der Waals surface area contributed by atoms with Gasteiger partial charge in [0.1, 0.15) is 23.0 Å². The summed E-state index contributed by atoms with van der Waals surface area (Å²) >= 11 is 0. The van der Waals surface area contributed by atoms with Crippen LogP contribution < -0.4 is 5.73 Å². The molecule has 0 aromatic heterocycles. The first-order valence-electron chi connectivity index (χ1n) is 16.4. The molecule has 5 rings (SSSR count). The summed E-state index contributed by atoms with van der Waals surface area (Å²) in [5, 5.41) is 47.1. The zero-order valence-corrected chi connectivity index (χ0v) is 29.0. The van der Waals surface area contributed by atoms with E-state index in [0.717, 1.165) is 44.5 Å². The number of fused-ring (bicyclic) bond motifs is 8. The molecular weight excluding hydrogens is 570 g/mol. The SMILES string of the molecule is CC(C)(C)c1cc2c(O)c(c1)Cc1cc(C(C)(C)C)cc(c1O)Cc1cc(C(C)(C)C)cc(c1O)Cc1cc(CN)cc(c1O)C2. The molecule has 0 saturated carbocycles. The molecule has 0 unspecified atom stereocenters. The highest BCUT2D eigenvalue weighted by atomic mass is 16.3. The summed E-state index contributed by atoms with van der Waals surface area (Å²) in [6.07, 6.45) is 1.25. The lowest BCUT2D eigenvalue weighted by atomic mass is 9.80. The standard InChI is InChI=1S/C41H51NO4/c1-39(2,3)32-16-26-12-24-10-23(22-42)11-25(35(24)43)13-27-17-33(40(4,5)6)19-29(37(27)45)15-31-21-34(41(7,8)9)20-30(38(31)46)14-28(18-32)36(26)44/h10-11,16-21,43-46H,12-15,22,42H2,1-9H3. The van der Waals surface area contributed by atoms with E-state index < -0.39 is 0 Å². The highest BCUT2D eigenvalue weighted by Gasteiger charge is 2.26. The summed E-state index contributed by atoms with van der Waals surface area (Å²) in [6, 6.07) is 16.0. The van der Waals surface area contributed by atoms with Gasteiger partial charge in [-0.15, -0.1) is 0 Å². The molecule has 1 aliphatic carbocycles. The highest BCUT2D eigenvalue weighted by molar-refractivity contribution is 5.58. The van der Waals surface area contributed by atoms with Crippen LogP contribution >= 0.6 is 0 Å². The van der Waals surface area contributed by atoms with Crippen molar-refractivity contribution in [3.63, 3.8) is 0 Å². The normalized spacial score (nSPS) is 14.0. The minimum atomic E-state index is -0.199. The third-order valence-electron chi connectivity index (χ3n) is 9.49. The van der Waals surface area contributed by atoms with E-state index in [1.165, 1.54) is 0 Å². The maximum atomic E-state index is 11.8. The van der Waals surface area contributed by atoms with Crippen molar-refractivity contribution in [2.75, 3.05) is 0 Å². The quantitative estimate of drug-likeness (QED) is 0.129. The first kappa shape index (κ1) is 33.4. The average Bonchev–Trinajstić information content (AvgIpc) is 2.94. The predicted molar refractivity (Wildman–Crippen MR) is 188 cm³/mol. The Balaban J connectivity index is 1.87. The van der Waals surface area contributed by atoms with Crippen molar-refractivity contribution in [2.24, 2.45) is 5.73 Å². The van der Waals surface area contributed by atoms with Gasteiger partial charge in [0.2, 0.25) is 0 Å². The Morgan fingerprint density at radius 1 is 0.413 bits per heavy atom. The van der Waals surface area contributed by atoms with Crippen LogP contribution in [0.4, 0.5) is 0 Å². The number of aromatic hydroxyl groups is 4. The Morgan fingerprint density at radius 3 is 0.783 bits per heavy atom. The zero-order valence-electron chi connectivity index (χ0n) is 29.0. The Bertz CT molecular complexity index is 1700. The maximum Gasteiger partial charge on any atom is 0.122 e. The van der Waals surface area contributed by atoms with Crippen LogP contribution in [0, 0.1) is 0 Å². The molecule has 0 radical (unpaired) electrons. The van der Waals surface area contributed by atoms with Crippen LogP contribution in [0.3, 0.4) is 0 Å². The molecule has 46 heavy (non-hydrogen) atoms. The number of phenols is 4. The number of nitrogens with two attached hydrogens (primary N) is 1. The zero-order chi connectivity index (χ0) is 33.9. The van der Waals surface area contributed by atoms with Crippen LogP contribution in [0.5, 0.6) is 23.0 Å². The Kier molecular flexibility index (Phi) is 8.49. The number of benzene rings is 4. The van der Waals surface area contributed by atoms with Crippen molar-refractivity contribution in [3.8, 4) is 23.0 Å². The van der Waals surface area contributed by atoms with Crippen molar-refractivity contribution in [1.29, 1.82) is 0 Å². The van der Waals surface area contributed by atoms with Gasteiger partial charge in [0.25, 0.3) is 0 Å². The summed E-state index contributed by atoms with van der Waals surface area (Å²) in [7, 11) is 0. The van der Waals surface area contributed by atoms with Gasteiger partial charge in [-0.05, 0) is 83.0 Å². The van der Waals surface area contributed by atoms with E-state index in [0.29, 0.717) is 54.5 Å². The molecule has 244 valence electrons. The third-order valence-corrected chi connectivity index (χ3v) is 9.49. The van der Waals surface area contributed by atoms with E-state index in [-0.39, 0.29) is 39.2 Å². The third kappa shape index (κ3) is 6.62. The fourth-order valence-corrected chi connectivity index (χ4v) is 6.43. The molecule has 1 aliphatic rings. The molecule has 0 amide bonds. The van der Waals surface area contributed by atoms with Gasteiger partial charge in [0, 0.05) is 32.2 Å². The number of hydrogen-bond acceptors (Lipinski definition) is 5. The number of phenolic OH excluding ortho intramolecular Hbond substituents is 4. The summed E-state index contributed by atoms with van der Waals surface area (Å²) < 4.78 is 0. The minimum Gasteiger partial charge on any atom is -0.507 e. The maximum absolute atomic E-state index is 11.8. The summed E-state index contributed by atoms with van der Waals surface area (Å²) in [4.78, 5) is 0. The average molecular weight is 622 g/mol. The molecule has 0 fully saturated rings. The highest BCUT2D eigenvalue weighted by Crippen LogP contribution is 2.42. The summed E-state index contributed by atoms with van der Waals surface area (Å²) in [5.74, 6) is 0.656. The molecule has 0 spiro atoms. The lowest BCUT2D eigenvalue weighted by Crippen LogP contribution is -2.15. The van der Waals surface area contributed by atoms with Crippen LogP contribution in [0.15, 0.2) is 48.5 Å². The molecule has 0 heterocycles. The first-order chi connectivity index (χ1) is 21.3. The van der Waals surface area contributed by atoms with Gasteiger partial charge in [0.15, 0.2) is 0 Å². The molecule has 0 aliphatic heterocycles.